The van der Waals surface area contributed by atoms with E-state index in [0.717, 1.165) is 24.6 Å². The monoisotopic (exact) mass is 336 g/mol. The van der Waals surface area contributed by atoms with Gasteiger partial charge in [0.1, 0.15) is 4.90 Å². The van der Waals surface area contributed by atoms with Gasteiger partial charge in [0.25, 0.3) is 0 Å². The SMILES string of the molecule is Cc1ccc(N2CC(CNS(=O)(=O)c3c(C)n[nH]c3C)C2)nn1. The number of nitrogens with one attached hydrogen (secondary N) is 2. The standard InChI is InChI=1S/C14H20N6O2S/c1-9-4-5-13(19-16-9)20-7-12(8-20)6-15-23(21,22)14-10(2)17-18-11(14)3/h4-5,12,15H,6-8H2,1-3H3,(H,17,18). The lowest BCUT2D eigenvalue weighted by Crippen LogP contribution is -2.51. The molecule has 9 heteroatoms. The predicted octanol–water partition coefficient (Wildman–Crippen LogP) is 0.540. The van der Waals surface area contributed by atoms with E-state index in [2.05, 4.69) is 30.0 Å². The number of sulfonamides is 1. The molecule has 124 valence electrons. The lowest BCUT2D eigenvalue weighted by molar-refractivity contribution is 0.402. The van der Waals surface area contributed by atoms with Gasteiger partial charge < -0.3 is 4.90 Å². The van der Waals surface area contributed by atoms with Crippen molar-refractivity contribution in [2.75, 3.05) is 24.5 Å². The third kappa shape index (κ3) is 3.20. The van der Waals surface area contributed by atoms with Crippen LogP contribution in [0.4, 0.5) is 5.82 Å². The van der Waals surface area contributed by atoms with Gasteiger partial charge in [-0.15, -0.1) is 5.10 Å². The Morgan fingerprint density at radius 1 is 1.26 bits per heavy atom. The van der Waals surface area contributed by atoms with Gasteiger partial charge >= 0.3 is 0 Å². The van der Waals surface area contributed by atoms with E-state index in [1.807, 2.05) is 19.1 Å². The molecule has 1 saturated heterocycles. The molecule has 1 fully saturated rings. The molecule has 23 heavy (non-hydrogen) atoms. The molecule has 0 radical (unpaired) electrons. The molecular formula is C14H20N6O2S. The van der Waals surface area contributed by atoms with E-state index in [4.69, 9.17) is 0 Å². The fraction of sp³-hybridized carbons (Fsp3) is 0.500. The highest BCUT2D eigenvalue weighted by Gasteiger charge is 2.30. The number of nitrogens with zero attached hydrogens (tertiary/aromatic N) is 4. The zero-order valence-corrected chi connectivity index (χ0v) is 14.2. The Morgan fingerprint density at radius 3 is 2.57 bits per heavy atom. The topological polar surface area (TPSA) is 104 Å². The van der Waals surface area contributed by atoms with Crippen LogP contribution in [0.15, 0.2) is 17.0 Å². The highest BCUT2D eigenvalue weighted by Crippen LogP contribution is 2.22. The quantitative estimate of drug-likeness (QED) is 0.826. The minimum atomic E-state index is -3.53. The molecule has 8 nitrogen and oxygen atoms in total. The van der Waals surface area contributed by atoms with Crippen molar-refractivity contribution in [2.24, 2.45) is 5.92 Å². The van der Waals surface area contributed by atoms with Gasteiger partial charge in [0.05, 0.1) is 17.1 Å². The maximum Gasteiger partial charge on any atom is 0.244 e. The second-order valence-corrected chi connectivity index (χ2v) is 7.62. The van der Waals surface area contributed by atoms with E-state index in [0.29, 0.717) is 17.9 Å². The molecule has 0 spiro atoms. The van der Waals surface area contributed by atoms with Crippen LogP contribution in [0, 0.1) is 26.7 Å². The number of rotatable bonds is 5. The molecule has 0 amide bonds. The summed E-state index contributed by atoms with van der Waals surface area (Å²) in [5.74, 6) is 1.09. The Morgan fingerprint density at radius 2 is 2.00 bits per heavy atom. The Kier molecular flexibility index (Phi) is 4.07. The average Bonchev–Trinajstić information content (AvgIpc) is 2.79. The van der Waals surface area contributed by atoms with Crippen LogP contribution in [-0.2, 0) is 10.0 Å². The lowest BCUT2D eigenvalue weighted by atomic mass is 10.0. The van der Waals surface area contributed by atoms with Crippen LogP contribution in [0.1, 0.15) is 17.1 Å². The molecule has 1 aliphatic rings. The van der Waals surface area contributed by atoms with Gasteiger partial charge in [-0.05, 0) is 32.9 Å². The van der Waals surface area contributed by atoms with Crippen molar-refractivity contribution in [1.82, 2.24) is 25.1 Å². The summed E-state index contributed by atoms with van der Waals surface area (Å²) in [7, 11) is -3.53. The van der Waals surface area contributed by atoms with Gasteiger partial charge in [0.15, 0.2) is 5.82 Å². The largest absolute Gasteiger partial charge is 0.354 e. The molecule has 0 unspecified atom stereocenters. The summed E-state index contributed by atoms with van der Waals surface area (Å²) in [5, 5.41) is 14.8. The van der Waals surface area contributed by atoms with Crippen molar-refractivity contribution in [2.45, 2.75) is 25.7 Å². The molecule has 3 heterocycles. The van der Waals surface area contributed by atoms with Gasteiger partial charge in [0.2, 0.25) is 10.0 Å². The first-order valence-corrected chi connectivity index (χ1v) is 8.91. The molecule has 0 bridgehead atoms. The van der Waals surface area contributed by atoms with Crippen LogP contribution < -0.4 is 9.62 Å². The van der Waals surface area contributed by atoms with Gasteiger partial charge in [0, 0.05) is 25.6 Å². The third-order valence-electron chi connectivity index (χ3n) is 3.96. The Labute approximate surface area is 135 Å². The number of aryl methyl sites for hydroxylation is 3. The van der Waals surface area contributed by atoms with E-state index in [1.165, 1.54) is 0 Å². The normalized spacial score (nSPS) is 15.7. The molecule has 0 atom stereocenters. The molecule has 0 aliphatic carbocycles. The Bertz CT molecular complexity index is 774. The van der Waals surface area contributed by atoms with Crippen molar-refractivity contribution in [3.63, 3.8) is 0 Å². The van der Waals surface area contributed by atoms with E-state index < -0.39 is 10.0 Å². The van der Waals surface area contributed by atoms with Gasteiger partial charge in [-0.25, -0.2) is 13.1 Å². The Balaban J connectivity index is 1.56. The number of aromatic amines is 1. The van der Waals surface area contributed by atoms with E-state index in [9.17, 15) is 8.42 Å². The van der Waals surface area contributed by atoms with Gasteiger partial charge in [-0.1, -0.05) is 0 Å². The number of aromatic nitrogens is 4. The molecule has 0 aromatic carbocycles. The highest BCUT2D eigenvalue weighted by molar-refractivity contribution is 7.89. The van der Waals surface area contributed by atoms with Crippen molar-refractivity contribution >= 4 is 15.8 Å². The smallest absolute Gasteiger partial charge is 0.244 e. The van der Waals surface area contributed by atoms with Crippen LogP contribution in [0.2, 0.25) is 0 Å². The van der Waals surface area contributed by atoms with E-state index >= 15 is 0 Å². The minimum Gasteiger partial charge on any atom is -0.354 e. The van der Waals surface area contributed by atoms with Crippen LogP contribution in [0.25, 0.3) is 0 Å². The molecule has 1 aliphatic heterocycles. The summed E-state index contributed by atoms with van der Waals surface area (Å²) in [4.78, 5) is 2.33. The van der Waals surface area contributed by atoms with Gasteiger partial charge in [-0.3, -0.25) is 5.10 Å². The lowest BCUT2D eigenvalue weighted by Gasteiger charge is -2.39. The van der Waals surface area contributed by atoms with Crippen molar-refractivity contribution < 1.29 is 8.42 Å². The first-order chi connectivity index (χ1) is 10.9. The summed E-state index contributed by atoms with van der Waals surface area (Å²) >= 11 is 0. The molecule has 2 aromatic rings. The maximum atomic E-state index is 12.4. The molecule has 2 aromatic heterocycles. The van der Waals surface area contributed by atoms with Crippen molar-refractivity contribution in [3.8, 4) is 0 Å². The molecule has 2 N–H and O–H groups in total. The molecule has 0 saturated carbocycles. The van der Waals surface area contributed by atoms with Crippen LogP contribution in [0.5, 0.6) is 0 Å². The second-order valence-electron chi connectivity index (χ2n) is 5.92. The average molecular weight is 336 g/mol. The van der Waals surface area contributed by atoms with Crippen LogP contribution in [-0.4, -0.2) is 48.4 Å². The van der Waals surface area contributed by atoms with Gasteiger partial charge in [-0.2, -0.15) is 10.2 Å². The Hall–Kier alpha value is -2.00. The molecular weight excluding hydrogens is 316 g/mol. The summed E-state index contributed by atoms with van der Waals surface area (Å²) in [5.41, 5.74) is 1.92. The van der Waals surface area contributed by atoms with E-state index in [1.54, 1.807) is 13.8 Å². The maximum absolute atomic E-state index is 12.4. The summed E-state index contributed by atoms with van der Waals surface area (Å²) in [6.45, 7) is 7.22. The number of hydrogen-bond donors (Lipinski definition) is 2. The fourth-order valence-electron chi connectivity index (χ4n) is 2.68. The zero-order chi connectivity index (χ0) is 16.6. The zero-order valence-electron chi connectivity index (χ0n) is 13.4. The number of hydrogen-bond acceptors (Lipinski definition) is 6. The number of H-pyrrole nitrogens is 1. The van der Waals surface area contributed by atoms with Crippen LogP contribution in [0.3, 0.4) is 0 Å². The van der Waals surface area contributed by atoms with Crippen LogP contribution >= 0.6 is 0 Å². The second kappa shape index (κ2) is 5.89. The predicted molar refractivity (Wildman–Crippen MR) is 85.7 cm³/mol. The van der Waals surface area contributed by atoms with Crippen molar-refractivity contribution in [3.05, 3.63) is 29.2 Å². The minimum absolute atomic E-state index is 0.248. The first kappa shape index (κ1) is 15.9. The highest BCUT2D eigenvalue weighted by atomic mass is 32.2. The first-order valence-electron chi connectivity index (χ1n) is 7.43. The van der Waals surface area contributed by atoms with Crippen molar-refractivity contribution in [1.29, 1.82) is 0 Å². The number of anilines is 1. The molecule has 3 rings (SSSR count). The van der Waals surface area contributed by atoms with E-state index in [-0.39, 0.29) is 10.8 Å². The summed E-state index contributed by atoms with van der Waals surface area (Å²) in [6.07, 6.45) is 0. The fourth-order valence-corrected chi connectivity index (χ4v) is 4.17. The third-order valence-corrected chi connectivity index (χ3v) is 5.64. The summed E-state index contributed by atoms with van der Waals surface area (Å²) < 4.78 is 27.4. The summed E-state index contributed by atoms with van der Waals surface area (Å²) in [6, 6.07) is 3.85.